The van der Waals surface area contributed by atoms with Gasteiger partial charge in [0.25, 0.3) is 0 Å². The highest BCUT2D eigenvalue weighted by atomic mass is 16.2. The quantitative estimate of drug-likeness (QED) is 0.796. The number of aromatic nitrogens is 2. The minimum Gasteiger partial charge on any atom is -0.337 e. The monoisotopic (exact) mass is 397 g/mol. The molecular weight excluding hydrogens is 366 g/mol. The van der Waals surface area contributed by atoms with Crippen molar-refractivity contribution in [2.24, 2.45) is 7.05 Å². The van der Waals surface area contributed by atoms with Gasteiger partial charge < -0.3 is 14.7 Å². The Morgan fingerprint density at radius 3 is 2.55 bits per heavy atom. The highest BCUT2D eigenvalue weighted by Gasteiger charge is 2.21. The van der Waals surface area contributed by atoms with E-state index in [1.54, 1.807) is 13.1 Å². The van der Waals surface area contributed by atoms with E-state index in [1.807, 2.05) is 51.9 Å². The van der Waals surface area contributed by atoms with E-state index in [2.05, 4.69) is 17.0 Å². The standard InChI is InChI=1S/C22H31N5O2/c1-18(28)27-14-6-13-24(2)15-16-26(17-19-7-4-5-8-21(19)27)22(29)10-9-20-11-12-23-25(20)3/h4-5,7-8,11-12H,6,9-10,13-17H2,1-3H3. The van der Waals surface area contributed by atoms with E-state index in [1.165, 1.54) is 0 Å². The lowest BCUT2D eigenvalue weighted by molar-refractivity contribution is -0.132. The fourth-order valence-corrected chi connectivity index (χ4v) is 3.79. The number of carbonyl (C=O) groups excluding carboxylic acids is 2. The number of hydrogen-bond donors (Lipinski definition) is 0. The molecule has 3 rings (SSSR count). The van der Waals surface area contributed by atoms with Gasteiger partial charge in [-0.1, -0.05) is 18.2 Å². The van der Waals surface area contributed by atoms with Gasteiger partial charge in [0.1, 0.15) is 0 Å². The molecule has 1 aliphatic heterocycles. The number of hydrogen-bond acceptors (Lipinski definition) is 4. The number of carbonyl (C=O) groups is 2. The molecule has 7 heteroatoms. The maximum atomic E-state index is 13.1. The lowest BCUT2D eigenvalue weighted by Crippen LogP contribution is -2.37. The second kappa shape index (κ2) is 9.69. The van der Waals surface area contributed by atoms with Gasteiger partial charge in [0, 0.05) is 64.1 Å². The third-order valence-electron chi connectivity index (χ3n) is 5.57. The molecule has 156 valence electrons. The van der Waals surface area contributed by atoms with Crippen molar-refractivity contribution in [1.29, 1.82) is 0 Å². The van der Waals surface area contributed by atoms with Crippen LogP contribution in [-0.4, -0.2) is 64.6 Å². The van der Waals surface area contributed by atoms with E-state index in [4.69, 9.17) is 0 Å². The lowest BCUT2D eigenvalue weighted by Gasteiger charge is -2.27. The van der Waals surface area contributed by atoms with Crippen molar-refractivity contribution in [2.45, 2.75) is 32.7 Å². The molecule has 1 aromatic carbocycles. The van der Waals surface area contributed by atoms with Crippen LogP contribution in [0.1, 0.15) is 31.0 Å². The number of para-hydroxylation sites is 1. The first-order valence-electron chi connectivity index (χ1n) is 10.2. The van der Waals surface area contributed by atoms with Crippen molar-refractivity contribution >= 4 is 17.5 Å². The summed E-state index contributed by atoms with van der Waals surface area (Å²) in [5.74, 6) is 0.163. The fourth-order valence-electron chi connectivity index (χ4n) is 3.79. The Morgan fingerprint density at radius 2 is 1.83 bits per heavy atom. The molecule has 0 spiro atoms. The summed E-state index contributed by atoms with van der Waals surface area (Å²) in [5.41, 5.74) is 2.98. The Labute approximate surface area is 172 Å². The van der Waals surface area contributed by atoms with Crippen molar-refractivity contribution in [2.75, 3.05) is 38.1 Å². The summed E-state index contributed by atoms with van der Waals surface area (Å²) in [4.78, 5) is 31.4. The van der Waals surface area contributed by atoms with Crippen molar-refractivity contribution in [3.8, 4) is 0 Å². The van der Waals surface area contributed by atoms with Gasteiger partial charge in [-0.3, -0.25) is 14.3 Å². The average molecular weight is 398 g/mol. The molecule has 0 saturated heterocycles. The van der Waals surface area contributed by atoms with Gasteiger partial charge >= 0.3 is 0 Å². The Kier molecular flexibility index (Phi) is 7.04. The predicted octanol–water partition coefficient (Wildman–Crippen LogP) is 2.07. The molecule has 1 aliphatic rings. The summed E-state index contributed by atoms with van der Waals surface area (Å²) < 4.78 is 1.81. The van der Waals surface area contributed by atoms with Crippen LogP contribution in [0.25, 0.3) is 0 Å². The zero-order chi connectivity index (χ0) is 20.8. The highest BCUT2D eigenvalue weighted by molar-refractivity contribution is 5.92. The van der Waals surface area contributed by atoms with E-state index in [9.17, 15) is 9.59 Å². The van der Waals surface area contributed by atoms with Gasteiger partial charge in [0.2, 0.25) is 11.8 Å². The number of likely N-dealkylation sites (N-methyl/N-ethyl adjacent to an activating group) is 1. The number of anilines is 1. The summed E-state index contributed by atoms with van der Waals surface area (Å²) in [6, 6.07) is 9.88. The Bertz CT molecular complexity index is 847. The van der Waals surface area contributed by atoms with Crippen molar-refractivity contribution in [3.05, 3.63) is 47.8 Å². The first-order chi connectivity index (χ1) is 14.0. The number of amides is 2. The van der Waals surface area contributed by atoms with Crippen LogP contribution in [0.5, 0.6) is 0 Å². The van der Waals surface area contributed by atoms with E-state index in [0.29, 0.717) is 32.5 Å². The molecule has 1 aromatic heterocycles. The summed E-state index contributed by atoms with van der Waals surface area (Å²) >= 11 is 0. The molecule has 2 amide bonds. The van der Waals surface area contributed by atoms with Crippen molar-refractivity contribution in [1.82, 2.24) is 19.6 Å². The number of aryl methyl sites for hydroxylation is 2. The number of benzene rings is 1. The second-order valence-corrected chi connectivity index (χ2v) is 7.72. The van der Waals surface area contributed by atoms with Gasteiger partial charge in [-0.05, 0) is 44.1 Å². The summed E-state index contributed by atoms with van der Waals surface area (Å²) in [6.45, 7) is 5.19. The molecule has 0 N–H and O–H groups in total. The van der Waals surface area contributed by atoms with E-state index in [-0.39, 0.29) is 11.8 Å². The second-order valence-electron chi connectivity index (χ2n) is 7.72. The molecule has 2 aromatic rings. The molecule has 0 radical (unpaired) electrons. The van der Waals surface area contributed by atoms with Crippen LogP contribution in [0, 0.1) is 0 Å². The maximum Gasteiger partial charge on any atom is 0.223 e. The topological polar surface area (TPSA) is 61.7 Å². The third-order valence-corrected chi connectivity index (χ3v) is 5.57. The van der Waals surface area contributed by atoms with E-state index < -0.39 is 0 Å². The minimum atomic E-state index is 0.0356. The van der Waals surface area contributed by atoms with Gasteiger partial charge in [-0.2, -0.15) is 5.10 Å². The lowest BCUT2D eigenvalue weighted by atomic mass is 10.1. The molecular formula is C22H31N5O2. The first kappa shape index (κ1) is 21.0. The van der Waals surface area contributed by atoms with Crippen LogP contribution in [0.15, 0.2) is 36.5 Å². The van der Waals surface area contributed by atoms with Crippen LogP contribution in [-0.2, 0) is 29.6 Å². The normalized spacial score (nSPS) is 16.2. The fraction of sp³-hybridized carbons (Fsp3) is 0.500. The van der Waals surface area contributed by atoms with E-state index in [0.717, 1.165) is 36.5 Å². The zero-order valence-electron chi connectivity index (χ0n) is 17.7. The van der Waals surface area contributed by atoms with Crippen molar-refractivity contribution < 1.29 is 9.59 Å². The van der Waals surface area contributed by atoms with Gasteiger partial charge in [-0.15, -0.1) is 0 Å². The van der Waals surface area contributed by atoms with Crippen LogP contribution in [0.4, 0.5) is 5.69 Å². The largest absolute Gasteiger partial charge is 0.337 e. The van der Waals surface area contributed by atoms with Crippen molar-refractivity contribution in [3.63, 3.8) is 0 Å². The van der Waals surface area contributed by atoms with Crippen LogP contribution in [0.3, 0.4) is 0 Å². The molecule has 0 unspecified atom stereocenters. The predicted molar refractivity (Wildman–Crippen MR) is 114 cm³/mol. The smallest absolute Gasteiger partial charge is 0.223 e. The molecule has 2 heterocycles. The number of fused-ring (bicyclic) bond motifs is 1. The Morgan fingerprint density at radius 1 is 1.03 bits per heavy atom. The van der Waals surface area contributed by atoms with Gasteiger partial charge in [-0.25, -0.2) is 0 Å². The third kappa shape index (κ3) is 5.44. The Balaban J connectivity index is 1.82. The average Bonchev–Trinajstić information content (AvgIpc) is 3.10. The summed E-state index contributed by atoms with van der Waals surface area (Å²) in [7, 11) is 3.97. The summed E-state index contributed by atoms with van der Waals surface area (Å²) in [6.07, 6.45) is 3.78. The van der Waals surface area contributed by atoms with Crippen LogP contribution < -0.4 is 4.90 Å². The first-order valence-corrected chi connectivity index (χ1v) is 10.2. The zero-order valence-corrected chi connectivity index (χ0v) is 17.7. The minimum absolute atomic E-state index is 0.0356. The molecule has 7 nitrogen and oxygen atoms in total. The molecule has 0 atom stereocenters. The number of nitrogens with zero attached hydrogens (tertiary/aromatic N) is 5. The molecule has 0 saturated carbocycles. The number of rotatable bonds is 3. The SMILES string of the molecule is CC(=O)N1CCCN(C)CCN(C(=O)CCc2ccnn2C)Cc2ccccc21. The molecule has 0 bridgehead atoms. The maximum absolute atomic E-state index is 13.1. The highest BCUT2D eigenvalue weighted by Crippen LogP contribution is 2.24. The van der Waals surface area contributed by atoms with Gasteiger partial charge in [0.05, 0.1) is 0 Å². The van der Waals surface area contributed by atoms with Gasteiger partial charge in [0.15, 0.2) is 0 Å². The molecule has 0 aliphatic carbocycles. The molecule has 0 fully saturated rings. The van der Waals surface area contributed by atoms with Crippen LogP contribution >= 0.6 is 0 Å². The molecule has 29 heavy (non-hydrogen) atoms. The Hall–Kier alpha value is -2.67. The summed E-state index contributed by atoms with van der Waals surface area (Å²) in [5, 5.41) is 4.18. The van der Waals surface area contributed by atoms with E-state index >= 15 is 0 Å². The van der Waals surface area contributed by atoms with Crippen LogP contribution in [0.2, 0.25) is 0 Å².